The van der Waals surface area contributed by atoms with Gasteiger partial charge in [0.15, 0.2) is 5.13 Å². The lowest BCUT2D eigenvalue weighted by Crippen LogP contribution is -2.18. The van der Waals surface area contributed by atoms with Crippen LogP contribution in [0.4, 0.5) is 13.9 Å². The summed E-state index contributed by atoms with van der Waals surface area (Å²) in [6, 6.07) is 6.25. The summed E-state index contributed by atoms with van der Waals surface area (Å²) in [5.74, 6) is -0.0162. The minimum atomic E-state index is -2.85. The van der Waals surface area contributed by atoms with E-state index in [-0.39, 0.29) is 11.7 Å². The van der Waals surface area contributed by atoms with E-state index in [0.717, 1.165) is 10.4 Å². The van der Waals surface area contributed by atoms with Gasteiger partial charge in [0.05, 0.1) is 5.69 Å². The van der Waals surface area contributed by atoms with Gasteiger partial charge >= 0.3 is 6.61 Å². The number of nitrogens with zero attached hydrogens (tertiary/aromatic N) is 1. The van der Waals surface area contributed by atoms with Crippen molar-refractivity contribution in [3.8, 4) is 17.0 Å². The summed E-state index contributed by atoms with van der Waals surface area (Å²) in [5, 5.41) is 6.17. The van der Waals surface area contributed by atoms with Crippen molar-refractivity contribution in [1.29, 1.82) is 0 Å². The maximum atomic E-state index is 12.1. The van der Waals surface area contributed by atoms with Crippen molar-refractivity contribution in [3.05, 3.63) is 29.1 Å². The standard InChI is InChI=1S/C15H17F2N3O2S/c1-9-13(10-3-5-11(6-4-10)22-14(16)17)20-15(23-9)19-12(21)7-8-18-2/h3-6,14,18H,7-8H2,1-2H3,(H,19,20,21). The van der Waals surface area contributed by atoms with Crippen molar-refractivity contribution in [1.82, 2.24) is 10.3 Å². The van der Waals surface area contributed by atoms with E-state index < -0.39 is 6.61 Å². The van der Waals surface area contributed by atoms with Crippen molar-refractivity contribution >= 4 is 22.4 Å². The van der Waals surface area contributed by atoms with Crippen molar-refractivity contribution < 1.29 is 18.3 Å². The Labute approximate surface area is 136 Å². The monoisotopic (exact) mass is 341 g/mol. The summed E-state index contributed by atoms with van der Waals surface area (Å²) in [5.41, 5.74) is 1.48. The number of carbonyl (C=O) groups excluding carboxylic acids is 1. The number of aromatic nitrogens is 1. The van der Waals surface area contributed by atoms with E-state index >= 15 is 0 Å². The Balaban J connectivity index is 2.09. The smallest absolute Gasteiger partial charge is 0.387 e. The zero-order valence-corrected chi connectivity index (χ0v) is 13.5. The number of nitrogens with one attached hydrogen (secondary N) is 2. The molecule has 1 aromatic heterocycles. The molecule has 23 heavy (non-hydrogen) atoms. The number of amides is 1. The third kappa shape index (κ3) is 4.97. The number of halogens is 2. The van der Waals surface area contributed by atoms with Crippen LogP contribution in [0.5, 0.6) is 5.75 Å². The van der Waals surface area contributed by atoms with Crippen LogP contribution in [0.2, 0.25) is 0 Å². The molecule has 5 nitrogen and oxygen atoms in total. The molecular weight excluding hydrogens is 324 g/mol. The molecule has 1 amide bonds. The van der Waals surface area contributed by atoms with E-state index in [2.05, 4.69) is 20.4 Å². The zero-order chi connectivity index (χ0) is 16.8. The Morgan fingerprint density at radius 1 is 1.35 bits per heavy atom. The van der Waals surface area contributed by atoms with Gasteiger partial charge in [0.1, 0.15) is 5.75 Å². The first-order valence-corrected chi connectivity index (χ1v) is 7.78. The van der Waals surface area contributed by atoms with E-state index in [4.69, 9.17) is 0 Å². The van der Waals surface area contributed by atoms with E-state index in [9.17, 15) is 13.6 Å². The minimum Gasteiger partial charge on any atom is -0.435 e. The number of anilines is 1. The van der Waals surface area contributed by atoms with Crippen molar-refractivity contribution in [2.75, 3.05) is 18.9 Å². The average Bonchev–Trinajstić information content (AvgIpc) is 2.86. The fraction of sp³-hybridized carbons (Fsp3) is 0.333. The maximum Gasteiger partial charge on any atom is 0.387 e. The molecule has 0 bridgehead atoms. The van der Waals surface area contributed by atoms with Gasteiger partial charge in [-0.1, -0.05) is 0 Å². The van der Waals surface area contributed by atoms with E-state index in [1.807, 2.05) is 6.92 Å². The number of ether oxygens (including phenoxy) is 1. The molecule has 8 heteroatoms. The molecule has 2 aromatic rings. The predicted octanol–water partition coefficient (Wildman–Crippen LogP) is 3.27. The first-order valence-electron chi connectivity index (χ1n) is 6.96. The molecule has 0 aliphatic rings. The number of benzene rings is 1. The Bertz CT molecular complexity index is 659. The zero-order valence-electron chi connectivity index (χ0n) is 12.7. The second-order valence-corrected chi connectivity index (χ2v) is 5.93. The first kappa shape index (κ1) is 17.3. The van der Waals surface area contributed by atoms with Gasteiger partial charge < -0.3 is 15.4 Å². The van der Waals surface area contributed by atoms with E-state index in [0.29, 0.717) is 23.8 Å². The number of hydrogen-bond donors (Lipinski definition) is 2. The molecule has 124 valence electrons. The van der Waals surface area contributed by atoms with Gasteiger partial charge in [0, 0.05) is 23.4 Å². The van der Waals surface area contributed by atoms with Crippen molar-refractivity contribution in [3.63, 3.8) is 0 Å². The molecule has 0 radical (unpaired) electrons. The van der Waals surface area contributed by atoms with Crippen LogP contribution in [0.3, 0.4) is 0 Å². The largest absolute Gasteiger partial charge is 0.435 e. The predicted molar refractivity (Wildman–Crippen MR) is 86.1 cm³/mol. The van der Waals surface area contributed by atoms with Gasteiger partial charge in [-0.15, -0.1) is 11.3 Å². The SMILES string of the molecule is CNCCC(=O)Nc1nc(-c2ccc(OC(F)F)cc2)c(C)s1. The highest BCUT2D eigenvalue weighted by molar-refractivity contribution is 7.16. The number of hydrogen-bond acceptors (Lipinski definition) is 5. The third-order valence-corrected chi connectivity index (χ3v) is 3.88. The summed E-state index contributed by atoms with van der Waals surface area (Å²) in [4.78, 5) is 17.0. The van der Waals surface area contributed by atoms with E-state index in [1.165, 1.54) is 23.5 Å². The second kappa shape index (κ2) is 7.98. The van der Waals surface area contributed by atoms with Crippen LogP contribution in [-0.2, 0) is 4.79 Å². The normalized spacial score (nSPS) is 10.8. The first-order chi connectivity index (χ1) is 11.0. The highest BCUT2D eigenvalue weighted by Crippen LogP contribution is 2.31. The van der Waals surface area contributed by atoms with Crippen LogP contribution in [-0.4, -0.2) is 31.1 Å². The molecule has 0 saturated heterocycles. The summed E-state index contributed by atoms with van der Waals surface area (Å²) in [6.07, 6.45) is 0.365. The summed E-state index contributed by atoms with van der Waals surface area (Å²) in [7, 11) is 1.78. The number of aryl methyl sites for hydroxylation is 1. The van der Waals surface area contributed by atoms with Gasteiger partial charge in [0.25, 0.3) is 0 Å². The molecule has 0 saturated carbocycles. The molecular formula is C15H17F2N3O2S. The highest BCUT2D eigenvalue weighted by atomic mass is 32.1. The van der Waals surface area contributed by atoms with Gasteiger partial charge in [-0.05, 0) is 38.2 Å². The minimum absolute atomic E-state index is 0.0947. The molecule has 2 N–H and O–H groups in total. The third-order valence-electron chi connectivity index (χ3n) is 3.00. The maximum absolute atomic E-state index is 12.1. The second-order valence-electron chi connectivity index (χ2n) is 4.73. The summed E-state index contributed by atoms with van der Waals surface area (Å²) < 4.78 is 28.6. The number of alkyl halides is 2. The van der Waals surface area contributed by atoms with Crippen molar-refractivity contribution in [2.24, 2.45) is 0 Å². The molecule has 0 atom stereocenters. The Kier molecular flexibility index (Phi) is 6.00. The van der Waals surface area contributed by atoms with Crippen LogP contribution in [0, 0.1) is 6.92 Å². The topological polar surface area (TPSA) is 63.2 Å². The molecule has 0 aliphatic heterocycles. The van der Waals surface area contributed by atoms with Crippen LogP contribution in [0.1, 0.15) is 11.3 Å². The molecule has 1 aromatic carbocycles. The van der Waals surface area contributed by atoms with Crippen LogP contribution >= 0.6 is 11.3 Å². The van der Waals surface area contributed by atoms with Gasteiger partial charge in [-0.3, -0.25) is 4.79 Å². The summed E-state index contributed by atoms with van der Waals surface area (Å²) >= 11 is 1.37. The number of carbonyl (C=O) groups is 1. The van der Waals surface area contributed by atoms with Crippen LogP contribution < -0.4 is 15.4 Å². The fourth-order valence-electron chi connectivity index (χ4n) is 1.93. The molecule has 0 fully saturated rings. The van der Waals surface area contributed by atoms with Gasteiger partial charge in [-0.2, -0.15) is 8.78 Å². The van der Waals surface area contributed by atoms with Crippen molar-refractivity contribution in [2.45, 2.75) is 20.0 Å². The van der Waals surface area contributed by atoms with Crippen LogP contribution in [0.15, 0.2) is 24.3 Å². The quantitative estimate of drug-likeness (QED) is 0.811. The highest BCUT2D eigenvalue weighted by Gasteiger charge is 2.12. The molecule has 0 spiro atoms. The number of rotatable bonds is 7. The average molecular weight is 341 g/mol. The lowest BCUT2D eigenvalue weighted by Gasteiger charge is -2.05. The Morgan fingerprint density at radius 2 is 2.04 bits per heavy atom. The Hall–Kier alpha value is -2.06. The number of thiazole rings is 1. The van der Waals surface area contributed by atoms with E-state index in [1.54, 1.807) is 19.2 Å². The lowest BCUT2D eigenvalue weighted by atomic mass is 10.1. The summed E-state index contributed by atoms with van der Waals surface area (Å²) in [6.45, 7) is -0.365. The fourth-order valence-corrected chi connectivity index (χ4v) is 2.78. The molecule has 0 unspecified atom stereocenters. The van der Waals surface area contributed by atoms with Gasteiger partial charge in [0.2, 0.25) is 5.91 Å². The molecule has 0 aliphatic carbocycles. The lowest BCUT2D eigenvalue weighted by molar-refractivity contribution is -0.116. The van der Waals surface area contributed by atoms with Crippen LogP contribution in [0.25, 0.3) is 11.3 Å². The molecule has 1 heterocycles. The van der Waals surface area contributed by atoms with Gasteiger partial charge in [-0.25, -0.2) is 4.98 Å². The molecule has 2 rings (SSSR count). The Morgan fingerprint density at radius 3 is 2.65 bits per heavy atom.